The summed E-state index contributed by atoms with van der Waals surface area (Å²) in [4.78, 5) is 0. The molecule has 4 aromatic rings. The maximum Gasteiger partial charge on any atom is 1.00 e. The summed E-state index contributed by atoms with van der Waals surface area (Å²) in [7, 11) is 0. The monoisotopic (exact) mass is 811 g/mol. The van der Waals surface area contributed by atoms with Gasteiger partial charge in [-0.3, -0.25) is 0 Å². The first-order valence-corrected chi connectivity index (χ1v) is 18.7. The van der Waals surface area contributed by atoms with Gasteiger partial charge in [0.25, 0.3) is 0 Å². The minimum Gasteiger partial charge on any atom is -1.00 e. The van der Waals surface area contributed by atoms with Crippen molar-refractivity contribution < 1.29 is 91.5 Å². The van der Waals surface area contributed by atoms with E-state index in [1.54, 1.807) is 0 Å². The summed E-state index contributed by atoms with van der Waals surface area (Å²) in [6, 6.07) is 46.4. The van der Waals surface area contributed by atoms with Crippen LogP contribution in [-0.2, 0) is 17.7 Å². The molecular formula is C48H74ClN4Na3. The molecule has 0 amide bonds. The van der Waals surface area contributed by atoms with E-state index in [-0.39, 0.29) is 118 Å². The molecule has 0 spiro atoms. The van der Waals surface area contributed by atoms with Gasteiger partial charge in [0.05, 0.1) is 36.0 Å². The van der Waals surface area contributed by atoms with Gasteiger partial charge >= 0.3 is 88.7 Å². The average molecular weight is 812 g/mol. The van der Waals surface area contributed by atoms with E-state index in [0.717, 1.165) is 36.0 Å². The second-order valence-corrected chi connectivity index (χ2v) is 9.47. The van der Waals surface area contributed by atoms with Crippen molar-refractivity contribution in [2.75, 3.05) is 0 Å². The van der Waals surface area contributed by atoms with Gasteiger partial charge in [0.1, 0.15) is 0 Å². The Morgan fingerprint density at radius 3 is 1.14 bits per heavy atom. The topological polar surface area (TPSA) is 95.2 Å². The van der Waals surface area contributed by atoms with Crippen molar-refractivity contribution in [1.29, 1.82) is 21.0 Å². The number of nitrogens with zero attached hydrogens (tertiary/aromatic N) is 4. The molecule has 4 rings (SSSR count). The van der Waals surface area contributed by atoms with Crippen LogP contribution in [0.2, 0.25) is 0 Å². The Balaban J connectivity index is -0.0000000440. The SMILES string of the molecule is C.C.CC.CC.CC.CC.CCC(C#N)(CC)c1ccccc1.CCC(C#N)c1ccccc1.ClCc1ccccc1.N#CCc1ccccc1.[C-]#N.[H-].[H-].[Na+].[Na+].[Na+]. The largest absolute Gasteiger partial charge is 1.00 e. The fraction of sp³-hybridized carbons (Fsp3) is 0.417. The zero-order valence-corrected chi connectivity index (χ0v) is 43.1. The Morgan fingerprint density at radius 2 is 0.893 bits per heavy atom. The van der Waals surface area contributed by atoms with E-state index in [1.807, 2.05) is 184 Å². The van der Waals surface area contributed by atoms with Gasteiger partial charge in [-0.25, -0.2) is 0 Å². The fourth-order valence-corrected chi connectivity index (χ4v) is 4.16. The van der Waals surface area contributed by atoms with Crippen LogP contribution in [0.15, 0.2) is 121 Å². The van der Waals surface area contributed by atoms with Gasteiger partial charge in [0.2, 0.25) is 0 Å². The standard InChI is InChI=1S/C12H15N.C10H11N.C8H7N.C7H7Cl.4C2H6.CN.2CH4.3Na.2H/c1-3-12(4-2,10-13)11-8-6-5-7-9-11;1-2-9(8-11)10-6-4-3-5-7-10;9-7-6-8-4-2-1-3-5-8;8-6-7-4-2-1-3-5-7;5*1-2;;;;;;;/h5-9H,3-4H2,1-2H3;3-7,9H,2H2,1H3;1-5H,6H2;1-5H,6H2;4*1-2H3;;2*1H4;;;;;/q;;;;;;;;-1;;;3*+1;2*-1. The van der Waals surface area contributed by atoms with Gasteiger partial charge < -0.3 is 14.7 Å². The summed E-state index contributed by atoms with van der Waals surface area (Å²) in [6.45, 7) is 26.9. The van der Waals surface area contributed by atoms with Crippen LogP contribution in [0.1, 0.15) is 141 Å². The summed E-state index contributed by atoms with van der Waals surface area (Å²) >= 11 is 5.53. The van der Waals surface area contributed by atoms with Crippen LogP contribution in [-0.4, -0.2) is 0 Å². The van der Waals surface area contributed by atoms with E-state index in [4.69, 9.17) is 34.0 Å². The van der Waals surface area contributed by atoms with Gasteiger partial charge in [0.15, 0.2) is 0 Å². The number of hydrogen-bond donors (Lipinski definition) is 0. The molecule has 56 heavy (non-hydrogen) atoms. The molecule has 0 aliphatic heterocycles. The minimum absolute atomic E-state index is 0. The predicted molar refractivity (Wildman–Crippen MR) is 237 cm³/mol. The molecule has 0 aromatic heterocycles. The zero-order chi connectivity index (χ0) is 40.2. The quantitative estimate of drug-likeness (QED) is 0.116. The van der Waals surface area contributed by atoms with Crippen molar-refractivity contribution in [3.05, 3.63) is 150 Å². The summed E-state index contributed by atoms with van der Waals surface area (Å²) in [5, 5.41) is 32.4. The van der Waals surface area contributed by atoms with Crippen molar-refractivity contribution in [2.24, 2.45) is 0 Å². The molecule has 0 bridgehead atoms. The first kappa shape index (κ1) is 78.5. The summed E-state index contributed by atoms with van der Waals surface area (Å²) < 4.78 is 0. The van der Waals surface area contributed by atoms with Gasteiger partial charge in [-0.15, -0.1) is 11.6 Å². The van der Waals surface area contributed by atoms with E-state index in [1.165, 1.54) is 5.56 Å². The molecule has 1 unspecified atom stereocenters. The Labute approximate surface area is 422 Å². The molecule has 0 saturated carbocycles. The molecule has 296 valence electrons. The number of halogens is 1. The van der Waals surface area contributed by atoms with Crippen molar-refractivity contribution in [1.82, 2.24) is 0 Å². The molecule has 0 radical (unpaired) electrons. The second kappa shape index (κ2) is 65.0. The van der Waals surface area contributed by atoms with Crippen molar-refractivity contribution in [3.8, 4) is 18.2 Å². The minimum atomic E-state index is -0.277. The van der Waals surface area contributed by atoms with Crippen LogP contribution < -0.4 is 88.7 Å². The van der Waals surface area contributed by atoms with E-state index in [0.29, 0.717) is 12.3 Å². The van der Waals surface area contributed by atoms with Crippen LogP contribution in [0.3, 0.4) is 0 Å². The third kappa shape index (κ3) is 40.3. The van der Waals surface area contributed by atoms with Crippen molar-refractivity contribution in [2.45, 2.75) is 134 Å². The third-order valence-corrected chi connectivity index (χ3v) is 6.95. The number of hydrogen-bond acceptors (Lipinski definition) is 4. The molecular weight excluding hydrogens is 737 g/mol. The maximum absolute atomic E-state index is 9.18. The third-order valence-electron chi connectivity index (χ3n) is 6.64. The number of rotatable bonds is 7. The fourth-order valence-electron chi connectivity index (χ4n) is 3.98. The van der Waals surface area contributed by atoms with E-state index < -0.39 is 0 Å². The molecule has 4 aromatic carbocycles. The Morgan fingerprint density at radius 1 is 0.571 bits per heavy atom. The van der Waals surface area contributed by atoms with Gasteiger partial charge in [-0.2, -0.15) is 15.8 Å². The van der Waals surface area contributed by atoms with Crippen molar-refractivity contribution in [3.63, 3.8) is 0 Å². The first-order valence-electron chi connectivity index (χ1n) is 18.2. The van der Waals surface area contributed by atoms with Crippen LogP contribution in [0.25, 0.3) is 0 Å². The number of nitriles is 3. The van der Waals surface area contributed by atoms with Crippen LogP contribution in [0, 0.1) is 45.8 Å². The second-order valence-electron chi connectivity index (χ2n) is 9.21. The molecule has 1 atom stereocenters. The van der Waals surface area contributed by atoms with Gasteiger partial charge in [-0.1, -0.05) is 212 Å². The average Bonchev–Trinajstić information content (AvgIpc) is 3.25. The molecule has 0 fully saturated rings. The van der Waals surface area contributed by atoms with Crippen LogP contribution >= 0.6 is 11.6 Å². The van der Waals surface area contributed by atoms with Gasteiger partial charge in [0, 0.05) is 5.88 Å². The molecule has 0 N–H and O–H groups in total. The van der Waals surface area contributed by atoms with Crippen molar-refractivity contribution >= 4 is 11.6 Å². The molecule has 0 aliphatic rings. The summed E-state index contributed by atoms with van der Waals surface area (Å²) in [6.07, 6.45) is 3.16. The van der Waals surface area contributed by atoms with Crippen LogP contribution in [0.5, 0.6) is 0 Å². The zero-order valence-electron chi connectivity index (χ0n) is 38.3. The Bertz CT molecular complexity index is 1400. The summed E-state index contributed by atoms with van der Waals surface area (Å²) in [5.74, 6) is 0.678. The van der Waals surface area contributed by atoms with Crippen LogP contribution in [0.4, 0.5) is 0 Å². The maximum atomic E-state index is 9.18. The normalized spacial score (nSPS) is 7.98. The van der Waals surface area contributed by atoms with E-state index >= 15 is 0 Å². The molecule has 8 heteroatoms. The smallest absolute Gasteiger partial charge is 1.00 e. The van der Waals surface area contributed by atoms with Gasteiger partial charge in [-0.05, 0) is 41.5 Å². The molecule has 4 nitrogen and oxygen atoms in total. The Kier molecular flexibility index (Phi) is 91.1. The Hall–Kier alpha value is -1.87. The number of benzene rings is 4. The predicted octanol–water partition coefficient (Wildman–Crippen LogP) is 6.86. The summed E-state index contributed by atoms with van der Waals surface area (Å²) in [5.41, 5.74) is 4.25. The first-order chi connectivity index (χ1) is 25.0. The van der Waals surface area contributed by atoms with E-state index in [9.17, 15) is 5.26 Å². The number of alkyl halides is 1. The molecule has 0 heterocycles. The molecule has 0 aliphatic carbocycles. The van der Waals surface area contributed by atoms with E-state index in [2.05, 4.69) is 32.1 Å². The molecule has 0 saturated heterocycles.